The van der Waals surface area contributed by atoms with Gasteiger partial charge in [0.25, 0.3) is 0 Å². The van der Waals surface area contributed by atoms with Crippen LogP contribution in [0.15, 0.2) is 11.8 Å². The Labute approximate surface area is 93.8 Å². The van der Waals surface area contributed by atoms with Gasteiger partial charge < -0.3 is 14.0 Å². The average Bonchev–Trinajstić information content (AvgIpc) is 2.08. The second-order valence-electron chi connectivity index (χ2n) is 4.48. The Morgan fingerprint density at radius 3 is 2.40 bits per heavy atom. The molecule has 0 bridgehead atoms. The van der Waals surface area contributed by atoms with Crippen molar-refractivity contribution in [2.45, 2.75) is 33.1 Å². The van der Waals surface area contributed by atoms with Gasteiger partial charge in [0.05, 0.1) is 11.8 Å². The normalized spacial score (nSPS) is 14.7. The molecule has 0 fully saturated rings. The molecule has 88 valence electrons. The molecule has 6 heteroatoms. The van der Waals surface area contributed by atoms with Crippen molar-refractivity contribution in [1.29, 1.82) is 0 Å². The van der Waals surface area contributed by atoms with Crippen LogP contribution in [0.4, 0.5) is 0 Å². The molecular formula is C9H20O4Si2. The Bertz CT molecular complexity index is 243. The van der Waals surface area contributed by atoms with Crippen molar-refractivity contribution in [3.05, 3.63) is 11.8 Å². The summed E-state index contributed by atoms with van der Waals surface area (Å²) in [6, 6.07) is 0. The van der Waals surface area contributed by atoms with E-state index in [0.717, 1.165) is 0 Å². The lowest BCUT2D eigenvalue weighted by Crippen LogP contribution is -2.23. The Morgan fingerprint density at radius 2 is 2.00 bits per heavy atom. The molecule has 0 aliphatic carbocycles. The van der Waals surface area contributed by atoms with E-state index in [9.17, 15) is 4.79 Å². The van der Waals surface area contributed by atoms with Crippen molar-refractivity contribution in [1.82, 2.24) is 0 Å². The maximum atomic E-state index is 11.3. The van der Waals surface area contributed by atoms with Gasteiger partial charge in [-0.3, -0.25) is 0 Å². The van der Waals surface area contributed by atoms with Gasteiger partial charge >= 0.3 is 5.97 Å². The number of hydrogen-bond acceptors (Lipinski definition) is 4. The number of esters is 1. The van der Waals surface area contributed by atoms with Crippen LogP contribution in [0.25, 0.3) is 0 Å². The third kappa shape index (κ3) is 8.40. The van der Waals surface area contributed by atoms with E-state index in [1.807, 2.05) is 19.6 Å². The Kier molecular flexibility index (Phi) is 5.85. The summed E-state index contributed by atoms with van der Waals surface area (Å²) in [7, 11) is -3.46. The lowest BCUT2D eigenvalue weighted by molar-refractivity contribution is -0.137. The zero-order chi connectivity index (χ0) is 12.1. The molecule has 1 atom stereocenters. The molecule has 0 rings (SSSR count). The van der Waals surface area contributed by atoms with Crippen molar-refractivity contribution in [3.8, 4) is 0 Å². The van der Waals surface area contributed by atoms with Gasteiger partial charge in [-0.05, 0) is 33.1 Å². The third-order valence-electron chi connectivity index (χ3n) is 1.37. The molecule has 0 aromatic rings. The number of carbonyl (C=O) groups is 1. The van der Waals surface area contributed by atoms with Gasteiger partial charge in [-0.15, -0.1) is 0 Å². The summed E-state index contributed by atoms with van der Waals surface area (Å²) in [5.74, 6) is -0.415. The molecule has 0 aliphatic rings. The first kappa shape index (κ1) is 14.4. The van der Waals surface area contributed by atoms with E-state index >= 15 is 0 Å². The topological polar surface area (TPSA) is 55.8 Å². The van der Waals surface area contributed by atoms with Gasteiger partial charge in [0.2, 0.25) is 17.4 Å². The van der Waals surface area contributed by atoms with Gasteiger partial charge in [-0.1, -0.05) is 0 Å². The molecule has 0 aromatic heterocycles. The van der Waals surface area contributed by atoms with Crippen LogP contribution in [0.2, 0.25) is 26.2 Å². The highest BCUT2D eigenvalue weighted by Gasteiger charge is 2.15. The smallest absolute Gasteiger partial charge is 0.336 e. The lowest BCUT2D eigenvalue weighted by Gasteiger charge is -2.15. The van der Waals surface area contributed by atoms with E-state index in [0.29, 0.717) is 5.57 Å². The fourth-order valence-corrected chi connectivity index (χ4v) is 1.55. The van der Waals surface area contributed by atoms with E-state index in [1.165, 1.54) is 6.26 Å². The van der Waals surface area contributed by atoms with Crippen molar-refractivity contribution < 1.29 is 18.8 Å². The molecule has 1 unspecified atom stereocenters. The highest BCUT2D eigenvalue weighted by molar-refractivity contribution is 6.69. The van der Waals surface area contributed by atoms with Crippen molar-refractivity contribution >= 4 is 23.3 Å². The van der Waals surface area contributed by atoms with Gasteiger partial charge in [0.15, 0.2) is 0 Å². The van der Waals surface area contributed by atoms with Crippen LogP contribution in [-0.4, -0.2) is 34.4 Å². The van der Waals surface area contributed by atoms with Gasteiger partial charge in [-0.2, -0.15) is 0 Å². The molecule has 0 heterocycles. The number of rotatable bonds is 5. The van der Waals surface area contributed by atoms with E-state index in [1.54, 1.807) is 13.5 Å². The summed E-state index contributed by atoms with van der Waals surface area (Å²) in [6.45, 7) is 9.44. The van der Waals surface area contributed by atoms with Gasteiger partial charge in [-0.25, -0.2) is 4.79 Å². The summed E-state index contributed by atoms with van der Waals surface area (Å²) >= 11 is 0. The maximum absolute atomic E-state index is 11.3. The minimum atomic E-state index is -1.82. The van der Waals surface area contributed by atoms with E-state index in [-0.39, 0.29) is 6.23 Å². The second-order valence-corrected chi connectivity index (χ2v) is 11.0. The SMILES string of the molecule is CC(=CO[Si](C)(C)C)C(=O)OC[SiH](C)O. The third-order valence-corrected chi connectivity index (χ3v) is 2.84. The summed E-state index contributed by atoms with van der Waals surface area (Å²) < 4.78 is 10.3. The zero-order valence-corrected chi connectivity index (χ0v) is 12.2. The minimum Gasteiger partial charge on any atom is -0.549 e. The first-order valence-electron chi connectivity index (χ1n) is 4.92. The average molecular weight is 248 g/mol. The van der Waals surface area contributed by atoms with Crippen LogP contribution >= 0.6 is 0 Å². The predicted molar refractivity (Wildman–Crippen MR) is 64.4 cm³/mol. The molecule has 0 saturated carbocycles. The van der Waals surface area contributed by atoms with Crippen molar-refractivity contribution in [2.24, 2.45) is 0 Å². The van der Waals surface area contributed by atoms with E-state index in [2.05, 4.69) is 0 Å². The summed E-state index contributed by atoms with van der Waals surface area (Å²) in [5.41, 5.74) is 0.437. The minimum absolute atomic E-state index is 0.150. The molecule has 0 saturated heterocycles. The first-order chi connectivity index (χ1) is 6.72. The fraction of sp³-hybridized carbons (Fsp3) is 0.667. The highest BCUT2D eigenvalue weighted by atomic mass is 28.4. The van der Waals surface area contributed by atoms with Crippen molar-refractivity contribution in [2.75, 3.05) is 6.23 Å². The van der Waals surface area contributed by atoms with Crippen LogP contribution in [0.3, 0.4) is 0 Å². The van der Waals surface area contributed by atoms with Crippen LogP contribution in [0.1, 0.15) is 6.92 Å². The van der Waals surface area contributed by atoms with Crippen LogP contribution in [0, 0.1) is 0 Å². The molecule has 0 spiro atoms. The summed E-state index contributed by atoms with van der Waals surface area (Å²) in [6.07, 6.45) is 1.61. The van der Waals surface area contributed by atoms with Crippen LogP contribution in [0.5, 0.6) is 0 Å². The maximum Gasteiger partial charge on any atom is 0.336 e. The first-order valence-corrected chi connectivity index (χ1v) is 10.8. The monoisotopic (exact) mass is 248 g/mol. The molecule has 15 heavy (non-hydrogen) atoms. The summed E-state index contributed by atoms with van der Waals surface area (Å²) in [5, 5.41) is 0. The second kappa shape index (κ2) is 6.09. The number of carbonyl (C=O) groups excluding carboxylic acids is 1. The van der Waals surface area contributed by atoms with E-state index < -0.39 is 23.3 Å². The molecule has 0 aromatic carbocycles. The quantitative estimate of drug-likeness (QED) is 0.343. The predicted octanol–water partition coefficient (Wildman–Crippen LogP) is 1.17. The van der Waals surface area contributed by atoms with Crippen LogP contribution in [-0.2, 0) is 14.0 Å². The molecule has 0 aliphatic heterocycles. The molecular weight excluding hydrogens is 228 g/mol. The highest BCUT2D eigenvalue weighted by Crippen LogP contribution is 2.06. The van der Waals surface area contributed by atoms with Gasteiger partial charge in [0, 0.05) is 0 Å². The fourth-order valence-electron chi connectivity index (χ4n) is 0.623. The number of ether oxygens (including phenoxy) is 1. The van der Waals surface area contributed by atoms with E-state index in [4.69, 9.17) is 14.0 Å². The number of hydrogen-bond donors (Lipinski definition) is 1. The lowest BCUT2D eigenvalue weighted by atomic mass is 10.3. The standard InChI is InChI=1S/C9H20O4Si2/c1-8(6-13-15(3,4)5)9(10)12-7-14(2)11/h6,11,14H,7H2,1-5H3. The molecule has 0 radical (unpaired) electrons. The van der Waals surface area contributed by atoms with Crippen molar-refractivity contribution in [3.63, 3.8) is 0 Å². The Morgan fingerprint density at radius 1 is 1.47 bits per heavy atom. The molecule has 0 amide bonds. The van der Waals surface area contributed by atoms with Crippen LogP contribution < -0.4 is 0 Å². The Balaban J connectivity index is 4.08. The zero-order valence-electron chi connectivity index (χ0n) is 10.0. The summed E-state index contributed by atoms with van der Waals surface area (Å²) in [4.78, 5) is 20.4. The van der Waals surface area contributed by atoms with Gasteiger partial charge in [0.1, 0.15) is 6.23 Å². The molecule has 4 nitrogen and oxygen atoms in total. The Hall–Kier alpha value is -0.596. The molecule has 1 N–H and O–H groups in total. The largest absolute Gasteiger partial charge is 0.549 e.